The Hall–Kier alpha value is -3.12. The van der Waals surface area contributed by atoms with E-state index in [1.165, 1.54) is 6.33 Å². The van der Waals surface area contributed by atoms with Crippen molar-refractivity contribution in [3.63, 3.8) is 0 Å². The number of aryl methyl sites for hydroxylation is 2. The van der Waals surface area contributed by atoms with Crippen LogP contribution in [0.4, 0.5) is 11.4 Å². The van der Waals surface area contributed by atoms with Gasteiger partial charge >= 0.3 is 0 Å². The molecule has 3 heterocycles. The number of amidine groups is 1. The van der Waals surface area contributed by atoms with Gasteiger partial charge in [-0.25, -0.2) is 15.0 Å². The topological polar surface area (TPSA) is 78.7 Å². The standard InChI is InChI=1S/C21H18N4O2/c1-12-7-16-18(8-13(12)2)24-20-21(27,19(16)26)5-6-25(20)15-3-4-17-14(9-15)10-22-11-23-17/h3-4,7-11,27H,5-6H2,1-2H3/t21-/m1/s1. The van der Waals surface area contributed by atoms with Crippen molar-refractivity contribution < 1.29 is 9.90 Å². The van der Waals surface area contributed by atoms with Gasteiger partial charge in [-0.1, -0.05) is 0 Å². The van der Waals surface area contributed by atoms with Gasteiger partial charge in [0.15, 0.2) is 5.60 Å². The highest BCUT2D eigenvalue weighted by Gasteiger charge is 2.52. The first-order valence-corrected chi connectivity index (χ1v) is 8.92. The highest BCUT2D eigenvalue weighted by atomic mass is 16.3. The number of aliphatic hydroxyl groups is 1. The number of aliphatic imine (C=N–C) groups is 1. The largest absolute Gasteiger partial charge is 0.374 e. The first-order chi connectivity index (χ1) is 13.0. The summed E-state index contributed by atoms with van der Waals surface area (Å²) in [6, 6.07) is 9.56. The number of fused-ring (bicyclic) bond motifs is 3. The first kappa shape index (κ1) is 16.1. The van der Waals surface area contributed by atoms with E-state index in [0.717, 1.165) is 27.7 Å². The van der Waals surface area contributed by atoms with Crippen molar-refractivity contribution >= 4 is 33.9 Å². The van der Waals surface area contributed by atoms with E-state index in [1.54, 1.807) is 6.20 Å². The maximum atomic E-state index is 13.1. The van der Waals surface area contributed by atoms with Gasteiger partial charge in [0.05, 0.1) is 11.2 Å². The van der Waals surface area contributed by atoms with Crippen LogP contribution < -0.4 is 4.90 Å². The molecule has 134 valence electrons. The van der Waals surface area contributed by atoms with E-state index in [0.29, 0.717) is 30.1 Å². The molecule has 6 nitrogen and oxygen atoms in total. The van der Waals surface area contributed by atoms with Gasteiger partial charge in [-0.15, -0.1) is 0 Å². The second kappa shape index (κ2) is 5.44. The summed E-state index contributed by atoms with van der Waals surface area (Å²) in [6.45, 7) is 4.48. The molecule has 0 unspecified atom stereocenters. The number of Topliss-reactive ketones (excluding diaryl/α,β-unsaturated/α-hetero) is 1. The molecule has 1 aromatic heterocycles. The smallest absolute Gasteiger partial charge is 0.204 e. The van der Waals surface area contributed by atoms with Crippen molar-refractivity contribution in [2.75, 3.05) is 11.4 Å². The summed E-state index contributed by atoms with van der Waals surface area (Å²) in [5.74, 6) is 0.136. The number of carbonyl (C=O) groups is 1. The molecule has 0 radical (unpaired) electrons. The summed E-state index contributed by atoms with van der Waals surface area (Å²) in [6.07, 6.45) is 3.59. The molecule has 1 fully saturated rings. The van der Waals surface area contributed by atoms with E-state index < -0.39 is 5.60 Å². The Morgan fingerprint density at radius 2 is 1.96 bits per heavy atom. The van der Waals surface area contributed by atoms with Crippen LogP contribution in [0.1, 0.15) is 27.9 Å². The number of ketones is 1. The van der Waals surface area contributed by atoms with Gasteiger partial charge < -0.3 is 10.0 Å². The van der Waals surface area contributed by atoms with Crippen LogP contribution >= 0.6 is 0 Å². The van der Waals surface area contributed by atoms with E-state index in [2.05, 4.69) is 9.97 Å². The molecule has 6 heteroatoms. The molecule has 1 atom stereocenters. The molecule has 0 spiro atoms. The van der Waals surface area contributed by atoms with Crippen molar-refractivity contribution in [1.82, 2.24) is 9.97 Å². The van der Waals surface area contributed by atoms with Crippen LogP contribution in [0.3, 0.4) is 0 Å². The molecule has 2 aromatic carbocycles. The molecule has 0 amide bonds. The third kappa shape index (κ3) is 2.23. The lowest BCUT2D eigenvalue weighted by molar-refractivity contribution is 0.0602. The zero-order valence-corrected chi connectivity index (χ0v) is 15.1. The summed E-state index contributed by atoms with van der Waals surface area (Å²) in [4.78, 5) is 28.0. The summed E-state index contributed by atoms with van der Waals surface area (Å²) < 4.78 is 0. The zero-order valence-electron chi connectivity index (χ0n) is 15.1. The SMILES string of the molecule is Cc1cc2c(cc1C)C(=O)[C@]1(O)CCN(c3ccc4ncncc4c3)C1=N2. The fourth-order valence-corrected chi connectivity index (χ4v) is 3.89. The lowest BCUT2D eigenvalue weighted by Gasteiger charge is -2.30. The first-order valence-electron chi connectivity index (χ1n) is 8.92. The van der Waals surface area contributed by atoms with Crippen LogP contribution in [0.2, 0.25) is 0 Å². The zero-order chi connectivity index (χ0) is 18.8. The predicted octanol–water partition coefficient (Wildman–Crippen LogP) is 3.11. The minimum Gasteiger partial charge on any atom is -0.374 e. The van der Waals surface area contributed by atoms with Crippen LogP contribution in [0, 0.1) is 13.8 Å². The third-order valence-corrected chi connectivity index (χ3v) is 5.58. The van der Waals surface area contributed by atoms with Gasteiger partial charge in [-0.3, -0.25) is 4.79 Å². The van der Waals surface area contributed by atoms with Crippen molar-refractivity contribution in [3.8, 4) is 0 Å². The molecule has 2 aliphatic rings. The number of aromatic nitrogens is 2. The molecular formula is C21H18N4O2. The molecule has 3 aromatic rings. The molecule has 1 saturated heterocycles. The minimum atomic E-state index is -1.57. The third-order valence-electron chi connectivity index (χ3n) is 5.58. The van der Waals surface area contributed by atoms with Crippen molar-refractivity contribution in [2.24, 2.45) is 4.99 Å². The summed E-state index contributed by atoms with van der Waals surface area (Å²) in [5.41, 5.74) is 3.36. The van der Waals surface area contributed by atoms with Crippen molar-refractivity contribution in [3.05, 3.63) is 59.5 Å². The molecule has 27 heavy (non-hydrogen) atoms. The number of nitrogens with zero attached hydrogens (tertiary/aromatic N) is 4. The van der Waals surface area contributed by atoms with E-state index in [9.17, 15) is 9.90 Å². The van der Waals surface area contributed by atoms with Crippen LogP contribution in [0.15, 0.2) is 47.8 Å². The minimum absolute atomic E-state index is 0.266. The average Bonchev–Trinajstić information content (AvgIpc) is 3.01. The predicted molar refractivity (Wildman–Crippen MR) is 104 cm³/mol. The Kier molecular flexibility index (Phi) is 3.24. The Labute approximate surface area is 156 Å². The quantitative estimate of drug-likeness (QED) is 0.723. The van der Waals surface area contributed by atoms with E-state index in [4.69, 9.17) is 4.99 Å². The summed E-state index contributed by atoms with van der Waals surface area (Å²) >= 11 is 0. The molecule has 0 saturated carbocycles. The van der Waals surface area contributed by atoms with E-state index in [1.807, 2.05) is 49.1 Å². The van der Waals surface area contributed by atoms with E-state index in [-0.39, 0.29) is 5.78 Å². The fourth-order valence-electron chi connectivity index (χ4n) is 3.89. The van der Waals surface area contributed by atoms with Gasteiger partial charge in [-0.2, -0.15) is 0 Å². The maximum absolute atomic E-state index is 13.1. The van der Waals surface area contributed by atoms with Crippen LogP contribution in [0.5, 0.6) is 0 Å². The molecular weight excluding hydrogens is 340 g/mol. The van der Waals surface area contributed by atoms with Crippen LogP contribution in [-0.2, 0) is 0 Å². The summed E-state index contributed by atoms with van der Waals surface area (Å²) in [5, 5.41) is 12.1. The highest BCUT2D eigenvalue weighted by molar-refractivity contribution is 6.28. The monoisotopic (exact) mass is 358 g/mol. The number of benzene rings is 2. The Bertz CT molecular complexity index is 1150. The van der Waals surface area contributed by atoms with Crippen LogP contribution in [0.25, 0.3) is 10.9 Å². The Morgan fingerprint density at radius 1 is 1.15 bits per heavy atom. The lowest BCUT2D eigenvalue weighted by Crippen LogP contribution is -2.48. The molecule has 0 bridgehead atoms. The highest BCUT2D eigenvalue weighted by Crippen LogP contribution is 2.40. The van der Waals surface area contributed by atoms with Crippen molar-refractivity contribution in [2.45, 2.75) is 25.9 Å². The number of rotatable bonds is 1. The normalized spacial score (nSPS) is 21.2. The van der Waals surface area contributed by atoms with Crippen molar-refractivity contribution in [1.29, 1.82) is 0 Å². The van der Waals surface area contributed by atoms with Gasteiger partial charge in [0.1, 0.15) is 12.2 Å². The maximum Gasteiger partial charge on any atom is 0.204 e. The fraction of sp³-hybridized carbons (Fsp3) is 0.238. The van der Waals surface area contributed by atoms with Crippen LogP contribution in [-0.4, -0.2) is 38.8 Å². The lowest BCUT2D eigenvalue weighted by atomic mass is 9.86. The Balaban J connectivity index is 1.67. The second-order valence-corrected chi connectivity index (χ2v) is 7.25. The van der Waals surface area contributed by atoms with Gasteiger partial charge in [0.2, 0.25) is 5.78 Å². The van der Waals surface area contributed by atoms with E-state index >= 15 is 0 Å². The Morgan fingerprint density at radius 3 is 2.81 bits per heavy atom. The number of carbonyl (C=O) groups excluding carboxylic acids is 1. The molecule has 1 N–H and O–H groups in total. The van der Waals surface area contributed by atoms with Gasteiger partial charge in [0.25, 0.3) is 0 Å². The van der Waals surface area contributed by atoms with Gasteiger partial charge in [-0.05, 0) is 55.3 Å². The van der Waals surface area contributed by atoms with Gasteiger partial charge in [0, 0.05) is 35.8 Å². The average molecular weight is 358 g/mol. The number of anilines is 1. The molecule has 5 rings (SSSR count). The summed E-state index contributed by atoms with van der Waals surface area (Å²) in [7, 11) is 0. The molecule has 2 aliphatic heterocycles. The molecule has 0 aliphatic carbocycles. The number of hydrogen-bond donors (Lipinski definition) is 1. The second-order valence-electron chi connectivity index (χ2n) is 7.25. The number of hydrogen-bond acceptors (Lipinski definition) is 6.